The van der Waals surface area contributed by atoms with Crippen LogP contribution in [0.15, 0.2) is 24.3 Å². The monoisotopic (exact) mass is 262 g/mol. The zero-order valence-corrected chi connectivity index (χ0v) is 12.0. The van der Waals surface area contributed by atoms with Gasteiger partial charge < -0.3 is 10.5 Å². The Balaban J connectivity index is 2.08. The Morgan fingerprint density at radius 3 is 2.74 bits per heavy atom. The third kappa shape index (κ3) is 3.95. The highest BCUT2D eigenvalue weighted by atomic mass is 16.5. The molecule has 1 atom stereocenters. The first kappa shape index (κ1) is 14.4. The Hall–Kier alpha value is -1.06. The lowest BCUT2D eigenvalue weighted by atomic mass is 10.0. The minimum absolute atomic E-state index is 0.338. The molecule has 1 heterocycles. The van der Waals surface area contributed by atoms with Crippen molar-refractivity contribution in [1.29, 1.82) is 0 Å². The third-order valence-corrected chi connectivity index (χ3v) is 3.77. The van der Waals surface area contributed by atoms with Gasteiger partial charge in [-0.1, -0.05) is 25.5 Å². The molecule has 1 unspecified atom stereocenters. The average Bonchev–Trinajstić information content (AvgIpc) is 2.47. The fourth-order valence-corrected chi connectivity index (χ4v) is 2.76. The number of benzene rings is 1. The van der Waals surface area contributed by atoms with Crippen molar-refractivity contribution in [3.05, 3.63) is 29.8 Å². The number of hydrogen-bond acceptors (Lipinski definition) is 3. The number of nitrogens with zero attached hydrogens (tertiary/aromatic N) is 1. The van der Waals surface area contributed by atoms with E-state index in [1.165, 1.54) is 37.9 Å². The molecular weight excluding hydrogens is 236 g/mol. The summed E-state index contributed by atoms with van der Waals surface area (Å²) in [6.45, 7) is 5.92. The zero-order chi connectivity index (χ0) is 13.5. The molecule has 1 fully saturated rings. The molecule has 2 rings (SSSR count). The third-order valence-electron chi connectivity index (χ3n) is 3.77. The highest BCUT2D eigenvalue weighted by molar-refractivity contribution is 5.31. The molecule has 0 radical (unpaired) electrons. The van der Waals surface area contributed by atoms with Crippen molar-refractivity contribution in [2.24, 2.45) is 5.73 Å². The summed E-state index contributed by atoms with van der Waals surface area (Å²) in [5, 5.41) is 0. The van der Waals surface area contributed by atoms with Gasteiger partial charge in [-0.2, -0.15) is 0 Å². The largest absolute Gasteiger partial charge is 0.494 e. The fourth-order valence-electron chi connectivity index (χ4n) is 2.76. The van der Waals surface area contributed by atoms with Gasteiger partial charge in [-0.3, -0.25) is 4.90 Å². The average molecular weight is 262 g/mol. The van der Waals surface area contributed by atoms with Gasteiger partial charge in [0.2, 0.25) is 0 Å². The molecule has 1 saturated heterocycles. The first-order chi connectivity index (χ1) is 9.35. The number of rotatable bonds is 6. The van der Waals surface area contributed by atoms with Crippen LogP contribution < -0.4 is 10.5 Å². The smallest absolute Gasteiger partial charge is 0.119 e. The van der Waals surface area contributed by atoms with Crippen LogP contribution in [0, 0.1) is 0 Å². The number of ether oxygens (including phenoxy) is 1. The minimum atomic E-state index is 0.338. The highest BCUT2D eigenvalue weighted by Crippen LogP contribution is 2.26. The lowest BCUT2D eigenvalue weighted by molar-refractivity contribution is 0.167. The lowest BCUT2D eigenvalue weighted by Gasteiger charge is -2.34. The van der Waals surface area contributed by atoms with Gasteiger partial charge in [0, 0.05) is 12.6 Å². The Morgan fingerprint density at radius 1 is 1.26 bits per heavy atom. The Labute approximate surface area is 116 Å². The minimum Gasteiger partial charge on any atom is -0.494 e. The highest BCUT2D eigenvalue weighted by Gasteiger charge is 2.21. The van der Waals surface area contributed by atoms with Crippen molar-refractivity contribution < 1.29 is 4.74 Å². The molecule has 1 aromatic rings. The molecule has 19 heavy (non-hydrogen) atoms. The maximum atomic E-state index is 6.00. The molecule has 3 heteroatoms. The number of hydrogen-bond donors (Lipinski definition) is 1. The molecule has 0 aromatic heterocycles. The molecule has 2 N–H and O–H groups in total. The van der Waals surface area contributed by atoms with Crippen LogP contribution in [0.4, 0.5) is 0 Å². The van der Waals surface area contributed by atoms with E-state index in [1.54, 1.807) is 0 Å². The molecule has 3 nitrogen and oxygen atoms in total. The summed E-state index contributed by atoms with van der Waals surface area (Å²) < 4.78 is 5.72. The zero-order valence-electron chi connectivity index (χ0n) is 12.0. The first-order valence-corrected chi connectivity index (χ1v) is 7.52. The van der Waals surface area contributed by atoms with Crippen LogP contribution in [0.25, 0.3) is 0 Å². The predicted octanol–water partition coefficient (Wildman–Crippen LogP) is 2.96. The fraction of sp³-hybridized carbons (Fsp3) is 0.625. The Bertz CT molecular complexity index is 375. The van der Waals surface area contributed by atoms with Gasteiger partial charge in [0.25, 0.3) is 0 Å². The van der Waals surface area contributed by atoms with Crippen molar-refractivity contribution >= 4 is 0 Å². The predicted molar refractivity (Wildman–Crippen MR) is 79.4 cm³/mol. The van der Waals surface area contributed by atoms with E-state index < -0.39 is 0 Å². The van der Waals surface area contributed by atoms with Gasteiger partial charge in [0.15, 0.2) is 0 Å². The van der Waals surface area contributed by atoms with Crippen LogP contribution >= 0.6 is 0 Å². The standard InChI is InChI=1S/C16H26N2O/c1-2-11-19-15-8-6-7-14(12-15)16(13-17)18-9-4-3-5-10-18/h6-8,12,16H,2-5,9-11,13,17H2,1H3. The maximum absolute atomic E-state index is 6.00. The van der Waals surface area contributed by atoms with Gasteiger partial charge in [0.1, 0.15) is 5.75 Å². The van der Waals surface area contributed by atoms with Gasteiger partial charge in [-0.15, -0.1) is 0 Å². The summed E-state index contributed by atoms with van der Waals surface area (Å²) in [7, 11) is 0. The second kappa shape index (κ2) is 7.51. The SMILES string of the molecule is CCCOc1cccc(C(CN)N2CCCCC2)c1. The molecule has 0 amide bonds. The van der Waals surface area contributed by atoms with E-state index in [0.29, 0.717) is 12.6 Å². The summed E-state index contributed by atoms with van der Waals surface area (Å²) in [5.41, 5.74) is 7.29. The van der Waals surface area contributed by atoms with Crippen molar-refractivity contribution in [2.45, 2.75) is 38.6 Å². The van der Waals surface area contributed by atoms with E-state index in [4.69, 9.17) is 10.5 Å². The Morgan fingerprint density at radius 2 is 2.05 bits per heavy atom. The van der Waals surface area contributed by atoms with Crippen molar-refractivity contribution in [3.8, 4) is 5.75 Å². The summed E-state index contributed by atoms with van der Waals surface area (Å²) in [5.74, 6) is 0.967. The summed E-state index contributed by atoms with van der Waals surface area (Å²) in [6.07, 6.45) is 4.98. The molecule has 106 valence electrons. The second-order valence-corrected chi connectivity index (χ2v) is 5.27. The van der Waals surface area contributed by atoms with Gasteiger partial charge in [-0.05, 0) is 50.0 Å². The molecule has 0 bridgehead atoms. The van der Waals surface area contributed by atoms with Crippen LogP contribution in [-0.4, -0.2) is 31.1 Å². The van der Waals surface area contributed by atoms with E-state index >= 15 is 0 Å². The van der Waals surface area contributed by atoms with E-state index in [-0.39, 0.29) is 0 Å². The van der Waals surface area contributed by atoms with Crippen molar-refractivity contribution in [1.82, 2.24) is 4.90 Å². The first-order valence-electron chi connectivity index (χ1n) is 7.52. The van der Waals surface area contributed by atoms with Crippen LogP contribution in [-0.2, 0) is 0 Å². The van der Waals surface area contributed by atoms with Crippen molar-refractivity contribution in [2.75, 3.05) is 26.2 Å². The summed E-state index contributed by atoms with van der Waals surface area (Å²) in [4.78, 5) is 2.52. The van der Waals surface area contributed by atoms with Crippen LogP contribution in [0.3, 0.4) is 0 Å². The second-order valence-electron chi connectivity index (χ2n) is 5.27. The molecule has 1 aromatic carbocycles. The normalized spacial score (nSPS) is 18.2. The lowest BCUT2D eigenvalue weighted by Crippen LogP contribution is -2.37. The number of nitrogens with two attached hydrogens (primary N) is 1. The van der Waals surface area contributed by atoms with Crippen LogP contribution in [0.2, 0.25) is 0 Å². The van der Waals surface area contributed by atoms with E-state index in [9.17, 15) is 0 Å². The summed E-state index contributed by atoms with van der Waals surface area (Å²) in [6, 6.07) is 8.77. The molecule has 0 spiro atoms. The summed E-state index contributed by atoms with van der Waals surface area (Å²) >= 11 is 0. The number of likely N-dealkylation sites (tertiary alicyclic amines) is 1. The van der Waals surface area contributed by atoms with Gasteiger partial charge >= 0.3 is 0 Å². The molecule has 0 aliphatic carbocycles. The quantitative estimate of drug-likeness (QED) is 0.856. The maximum Gasteiger partial charge on any atom is 0.119 e. The molecule has 1 aliphatic rings. The van der Waals surface area contributed by atoms with Crippen LogP contribution in [0.5, 0.6) is 5.75 Å². The van der Waals surface area contributed by atoms with E-state index in [1.807, 2.05) is 6.07 Å². The van der Waals surface area contributed by atoms with E-state index in [0.717, 1.165) is 18.8 Å². The van der Waals surface area contributed by atoms with E-state index in [2.05, 4.69) is 30.0 Å². The molecule has 1 aliphatic heterocycles. The molecule has 0 saturated carbocycles. The van der Waals surface area contributed by atoms with Crippen LogP contribution in [0.1, 0.15) is 44.2 Å². The van der Waals surface area contributed by atoms with Gasteiger partial charge in [-0.25, -0.2) is 0 Å². The van der Waals surface area contributed by atoms with Crippen molar-refractivity contribution in [3.63, 3.8) is 0 Å². The topological polar surface area (TPSA) is 38.5 Å². The Kier molecular flexibility index (Phi) is 5.67. The number of piperidine rings is 1. The van der Waals surface area contributed by atoms with Gasteiger partial charge in [0.05, 0.1) is 6.61 Å². The molecular formula is C16H26N2O.